The van der Waals surface area contributed by atoms with E-state index in [1.165, 1.54) is 103 Å². The summed E-state index contributed by atoms with van der Waals surface area (Å²) >= 11 is 0. The zero-order valence-electron chi connectivity index (χ0n) is 15.9. The van der Waals surface area contributed by atoms with Crippen molar-refractivity contribution in [2.24, 2.45) is 0 Å². The summed E-state index contributed by atoms with van der Waals surface area (Å²) in [6.45, 7) is 7.04. The number of fused-ring (bicyclic) bond motifs is 2. The topological polar surface area (TPSA) is 12.5 Å². The normalized spacial score (nSPS) is 24.7. The fourth-order valence-corrected chi connectivity index (χ4v) is 4.42. The first-order valence-electron chi connectivity index (χ1n) is 10.7. The molecule has 0 amide bonds. The lowest BCUT2D eigenvalue weighted by atomic mass is 9.98. The van der Waals surface area contributed by atoms with Crippen LogP contribution in [0.5, 0.6) is 0 Å². The van der Waals surface area contributed by atoms with Gasteiger partial charge in [0, 0.05) is 19.1 Å². The molecule has 0 aromatic heterocycles. The standard InChI is InChI=1S/C21H41NO/c1-3-5-7-9-11-13-19(14-12-10-8-6-4-2)22-17-20-15-16-21(18-22)23-20/h19-21H,3-18H2,1-2H3. The predicted molar refractivity (Wildman–Crippen MR) is 100 cm³/mol. The maximum Gasteiger partial charge on any atom is 0.0707 e. The first kappa shape index (κ1) is 19.2. The van der Waals surface area contributed by atoms with Crippen molar-refractivity contribution in [3.63, 3.8) is 0 Å². The molecule has 2 atom stereocenters. The molecule has 136 valence electrons. The van der Waals surface area contributed by atoms with Gasteiger partial charge in [-0.3, -0.25) is 4.90 Å². The minimum absolute atomic E-state index is 0.552. The molecule has 0 aliphatic carbocycles. The lowest BCUT2D eigenvalue weighted by Crippen LogP contribution is -2.48. The molecule has 0 saturated carbocycles. The zero-order chi connectivity index (χ0) is 16.3. The second-order valence-corrected chi connectivity index (χ2v) is 7.97. The van der Waals surface area contributed by atoms with Crippen molar-refractivity contribution in [1.82, 2.24) is 4.90 Å². The van der Waals surface area contributed by atoms with Gasteiger partial charge in [0.25, 0.3) is 0 Å². The highest BCUT2D eigenvalue weighted by Crippen LogP contribution is 2.30. The number of hydrogen-bond acceptors (Lipinski definition) is 2. The number of nitrogens with zero attached hydrogens (tertiary/aromatic N) is 1. The Morgan fingerprint density at radius 2 is 1.22 bits per heavy atom. The summed E-state index contributed by atoms with van der Waals surface area (Å²) in [5.41, 5.74) is 0. The van der Waals surface area contributed by atoms with E-state index in [2.05, 4.69) is 18.7 Å². The van der Waals surface area contributed by atoms with E-state index >= 15 is 0 Å². The molecule has 2 bridgehead atoms. The summed E-state index contributed by atoms with van der Waals surface area (Å²) in [6.07, 6.45) is 20.8. The second-order valence-electron chi connectivity index (χ2n) is 7.97. The van der Waals surface area contributed by atoms with Crippen LogP contribution in [-0.4, -0.2) is 36.2 Å². The van der Waals surface area contributed by atoms with Gasteiger partial charge in [0.05, 0.1) is 12.2 Å². The Morgan fingerprint density at radius 1 is 0.739 bits per heavy atom. The predicted octanol–water partition coefficient (Wildman–Crippen LogP) is 5.94. The number of ether oxygens (including phenoxy) is 1. The van der Waals surface area contributed by atoms with Crippen molar-refractivity contribution < 1.29 is 4.74 Å². The van der Waals surface area contributed by atoms with E-state index in [4.69, 9.17) is 4.74 Å². The average Bonchev–Trinajstić information content (AvgIpc) is 2.90. The lowest BCUT2D eigenvalue weighted by Gasteiger charge is -2.38. The molecule has 0 aromatic rings. The van der Waals surface area contributed by atoms with Gasteiger partial charge in [-0.25, -0.2) is 0 Å². The monoisotopic (exact) mass is 323 g/mol. The van der Waals surface area contributed by atoms with E-state index in [1.807, 2.05) is 0 Å². The summed E-state index contributed by atoms with van der Waals surface area (Å²) < 4.78 is 6.05. The molecule has 2 aliphatic rings. The van der Waals surface area contributed by atoms with Crippen LogP contribution in [0.25, 0.3) is 0 Å². The summed E-state index contributed by atoms with van der Waals surface area (Å²) in [7, 11) is 0. The quantitative estimate of drug-likeness (QED) is 0.389. The first-order valence-corrected chi connectivity index (χ1v) is 10.7. The third-order valence-corrected chi connectivity index (χ3v) is 5.87. The fourth-order valence-electron chi connectivity index (χ4n) is 4.42. The number of rotatable bonds is 13. The van der Waals surface area contributed by atoms with Gasteiger partial charge < -0.3 is 4.74 Å². The van der Waals surface area contributed by atoms with Gasteiger partial charge in [0.2, 0.25) is 0 Å². The Bertz CT molecular complexity index is 268. The molecule has 0 radical (unpaired) electrons. The minimum Gasteiger partial charge on any atom is -0.372 e. The maximum atomic E-state index is 6.05. The van der Waals surface area contributed by atoms with Gasteiger partial charge in [-0.2, -0.15) is 0 Å². The Labute approximate surface area is 145 Å². The molecule has 0 N–H and O–H groups in total. The lowest BCUT2D eigenvalue weighted by molar-refractivity contribution is -0.0554. The molecule has 0 aromatic carbocycles. The van der Waals surface area contributed by atoms with Crippen LogP contribution in [0.15, 0.2) is 0 Å². The van der Waals surface area contributed by atoms with Gasteiger partial charge in [0.1, 0.15) is 0 Å². The molecule has 2 heteroatoms. The summed E-state index contributed by atoms with van der Waals surface area (Å²) in [5.74, 6) is 0. The molecule has 2 unspecified atom stereocenters. The average molecular weight is 324 g/mol. The summed E-state index contributed by atoms with van der Waals surface area (Å²) in [5, 5.41) is 0. The van der Waals surface area contributed by atoms with E-state index in [-0.39, 0.29) is 0 Å². The fraction of sp³-hybridized carbons (Fsp3) is 1.00. The summed E-state index contributed by atoms with van der Waals surface area (Å²) in [6, 6.07) is 0.838. The van der Waals surface area contributed by atoms with Crippen molar-refractivity contribution in [2.45, 2.75) is 122 Å². The van der Waals surface area contributed by atoms with Gasteiger partial charge in [-0.15, -0.1) is 0 Å². The molecule has 0 spiro atoms. The van der Waals surface area contributed by atoms with Crippen LogP contribution in [0.2, 0.25) is 0 Å². The third-order valence-electron chi connectivity index (χ3n) is 5.87. The molecule has 2 heterocycles. The molecular formula is C21H41NO. The van der Waals surface area contributed by atoms with Crippen molar-refractivity contribution >= 4 is 0 Å². The Hall–Kier alpha value is -0.0800. The SMILES string of the molecule is CCCCCCCC(CCCCCCC)N1CC2CCC(C1)O2. The Balaban J connectivity index is 1.71. The van der Waals surface area contributed by atoms with Crippen LogP contribution in [-0.2, 0) is 4.74 Å². The van der Waals surface area contributed by atoms with Crippen molar-refractivity contribution in [2.75, 3.05) is 13.1 Å². The Kier molecular flexibility index (Phi) is 9.60. The molecule has 2 nitrogen and oxygen atoms in total. The largest absolute Gasteiger partial charge is 0.372 e. The van der Waals surface area contributed by atoms with E-state index < -0.39 is 0 Å². The molecule has 2 rings (SSSR count). The van der Waals surface area contributed by atoms with Crippen LogP contribution < -0.4 is 0 Å². The second kappa shape index (κ2) is 11.5. The van der Waals surface area contributed by atoms with Crippen molar-refractivity contribution in [1.29, 1.82) is 0 Å². The van der Waals surface area contributed by atoms with Crippen LogP contribution in [0.3, 0.4) is 0 Å². The Morgan fingerprint density at radius 3 is 1.70 bits per heavy atom. The number of hydrogen-bond donors (Lipinski definition) is 0. The van der Waals surface area contributed by atoms with Crippen LogP contribution in [0.1, 0.15) is 104 Å². The molecule has 23 heavy (non-hydrogen) atoms. The molecule has 2 aliphatic heterocycles. The van der Waals surface area contributed by atoms with Crippen molar-refractivity contribution in [3.8, 4) is 0 Å². The van der Waals surface area contributed by atoms with Crippen LogP contribution in [0.4, 0.5) is 0 Å². The van der Waals surface area contributed by atoms with Crippen LogP contribution >= 0.6 is 0 Å². The van der Waals surface area contributed by atoms with Gasteiger partial charge in [-0.05, 0) is 25.7 Å². The summed E-state index contributed by atoms with van der Waals surface area (Å²) in [4.78, 5) is 2.81. The van der Waals surface area contributed by atoms with Crippen LogP contribution in [0, 0.1) is 0 Å². The highest BCUT2D eigenvalue weighted by molar-refractivity contribution is 4.88. The van der Waals surface area contributed by atoms with E-state index in [0.29, 0.717) is 12.2 Å². The maximum absolute atomic E-state index is 6.05. The van der Waals surface area contributed by atoms with Gasteiger partial charge in [-0.1, -0.05) is 78.1 Å². The minimum atomic E-state index is 0.552. The van der Waals surface area contributed by atoms with Gasteiger partial charge in [0.15, 0.2) is 0 Å². The van der Waals surface area contributed by atoms with Gasteiger partial charge >= 0.3 is 0 Å². The number of morpholine rings is 1. The number of unbranched alkanes of at least 4 members (excludes halogenated alkanes) is 8. The molecular weight excluding hydrogens is 282 g/mol. The van der Waals surface area contributed by atoms with E-state index in [9.17, 15) is 0 Å². The first-order chi connectivity index (χ1) is 11.3. The van der Waals surface area contributed by atoms with E-state index in [0.717, 1.165) is 6.04 Å². The molecule has 2 fully saturated rings. The zero-order valence-corrected chi connectivity index (χ0v) is 15.9. The molecule has 2 saturated heterocycles. The highest BCUT2D eigenvalue weighted by atomic mass is 16.5. The number of likely N-dealkylation sites (tertiary alicyclic amines) is 1. The third kappa shape index (κ3) is 7.13. The van der Waals surface area contributed by atoms with Crippen molar-refractivity contribution in [3.05, 3.63) is 0 Å². The van der Waals surface area contributed by atoms with E-state index in [1.54, 1.807) is 0 Å². The highest BCUT2D eigenvalue weighted by Gasteiger charge is 2.36. The smallest absolute Gasteiger partial charge is 0.0707 e.